The van der Waals surface area contributed by atoms with Crippen LogP contribution in [-0.4, -0.2) is 36.9 Å². The minimum absolute atomic E-state index is 0.0977. The van der Waals surface area contributed by atoms with Crippen molar-refractivity contribution in [2.45, 2.75) is 24.7 Å². The summed E-state index contributed by atoms with van der Waals surface area (Å²) in [5.41, 5.74) is -1.16. The van der Waals surface area contributed by atoms with E-state index in [1.807, 2.05) is 0 Å². The van der Waals surface area contributed by atoms with Crippen LogP contribution in [0.1, 0.15) is 19.8 Å². The molecular formula is C13H15ClFNO4S. The van der Waals surface area contributed by atoms with Gasteiger partial charge in [-0.15, -0.1) is 0 Å². The standard InChI is InChI=1S/C13H15ClFNO4S/c1-13(12(17)18)5-2-6-16(8-13)21(19,20)11-4-3-9(14)7-10(11)15/h3-4,7H,2,5-6,8H2,1H3,(H,17,18). The summed E-state index contributed by atoms with van der Waals surface area (Å²) in [6.07, 6.45) is 0.800. The average Bonchev–Trinajstić information content (AvgIpc) is 2.38. The molecule has 1 aromatic carbocycles. The lowest BCUT2D eigenvalue weighted by molar-refractivity contribution is -0.150. The highest BCUT2D eigenvalue weighted by atomic mass is 35.5. The van der Waals surface area contributed by atoms with Crippen LogP contribution in [0.2, 0.25) is 5.02 Å². The molecule has 21 heavy (non-hydrogen) atoms. The van der Waals surface area contributed by atoms with Crippen LogP contribution in [0.4, 0.5) is 4.39 Å². The van der Waals surface area contributed by atoms with Crippen LogP contribution < -0.4 is 0 Å². The Hall–Kier alpha value is -1.18. The summed E-state index contributed by atoms with van der Waals surface area (Å²) in [5, 5.41) is 9.33. The monoisotopic (exact) mass is 335 g/mol. The van der Waals surface area contributed by atoms with Gasteiger partial charge in [0, 0.05) is 18.1 Å². The topological polar surface area (TPSA) is 74.7 Å². The highest BCUT2D eigenvalue weighted by Gasteiger charge is 2.42. The molecule has 1 N–H and O–H groups in total. The molecule has 8 heteroatoms. The van der Waals surface area contributed by atoms with E-state index in [0.717, 1.165) is 16.4 Å². The zero-order valence-electron chi connectivity index (χ0n) is 11.3. The van der Waals surface area contributed by atoms with Crippen LogP contribution in [-0.2, 0) is 14.8 Å². The van der Waals surface area contributed by atoms with E-state index in [1.54, 1.807) is 0 Å². The molecule has 0 spiro atoms. The smallest absolute Gasteiger partial charge is 0.310 e. The number of rotatable bonds is 3. The molecule has 0 saturated carbocycles. The Kier molecular flexibility index (Phi) is 4.28. The molecule has 5 nitrogen and oxygen atoms in total. The van der Waals surface area contributed by atoms with Crippen LogP contribution in [0.3, 0.4) is 0 Å². The van der Waals surface area contributed by atoms with Crippen molar-refractivity contribution < 1.29 is 22.7 Å². The first kappa shape index (κ1) is 16.2. The van der Waals surface area contributed by atoms with Gasteiger partial charge in [0.2, 0.25) is 10.0 Å². The summed E-state index contributed by atoms with van der Waals surface area (Å²) < 4.78 is 39.8. The number of carboxylic acid groups (broad SMARTS) is 1. The highest BCUT2D eigenvalue weighted by Crippen LogP contribution is 2.33. The first-order chi connectivity index (χ1) is 9.67. The van der Waals surface area contributed by atoms with Crippen molar-refractivity contribution in [2.75, 3.05) is 13.1 Å². The van der Waals surface area contributed by atoms with E-state index in [0.29, 0.717) is 12.8 Å². The van der Waals surface area contributed by atoms with Crippen LogP contribution in [0.5, 0.6) is 0 Å². The first-order valence-electron chi connectivity index (χ1n) is 6.35. The Balaban J connectivity index is 2.37. The second-order valence-electron chi connectivity index (χ2n) is 5.38. The van der Waals surface area contributed by atoms with Crippen molar-refractivity contribution in [1.29, 1.82) is 0 Å². The van der Waals surface area contributed by atoms with Gasteiger partial charge in [-0.25, -0.2) is 12.8 Å². The number of nitrogens with zero attached hydrogens (tertiary/aromatic N) is 1. The summed E-state index contributed by atoms with van der Waals surface area (Å²) in [6.45, 7) is 1.50. The Bertz CT molecular complexity index is 679. The number of halogens is 2. The van der Waals surface area contributed by atoms with Gasteiger partial charge in [0.1, 0.15) is 10.7 Å². The van der Waals surface area contributed by atoms with Gasteiger partial charge in [0.15, 0.2) is 0 Å². The summed E-state index contributed by atoms with van der Waals surface area (Å²) >= 11 is 5.61. The van der Waals surface area contributed by atoms with Gasteiger partial charge in [-0.2, -0.15) is 4.31 Å². The lowest BCUT2D eigenvalue weighted by Crippen LogP contribution is -2.48. The van der Waals surface area contributed by atoms with E-state index in [9.17, 15) is 22.7 Å². The average molecular weight is 336 g/mol. The zero-order valence-corrected chi connectivity index (χ0v) is 12.9. The van der Waals surface area contributed by atoms with Crippen LogP contribution in [0, 0.1) is 11.2 Å². The van der Waals surface area contributed by atoms with Crippen molar-refractivity contribution in [1.82, 2.24) is 4.31 Å². The molecule has 0 bridgehead atoms. The third-order valence-corrected chi connectivity index (χ3v) is 5.80. The molecule has 1 aromatic rings. The molecule has 1 aliphatic rings. The van der Waals surface area contributed by atoms with Gasteiger partial charge >= 0.3 is 5.97 Å². The normalized spacial score (nSPS) is 24.0. The Morgan fingerprint density at radius 3 is 2.71 bits per heavy atom. The molecule has 1 atom stereocenters. The Labute approximate surface area is 127 Å². The predicted octanol–water partition coefficient (Wildman–Crippen LogP) is 2.35. The Morgan fingerprint density at radius 2 is 2.14 bits per heavy atom. The first-order valence-corrected chi connectivity index (χ1v) is 8.17. The largest absolute Gasteiger partial charge is 0.481 e. The third-order valence-electron chi connectivity index (χ3n) is 3.69. The number of hydrogen-bond donors (Lipinski definition) is 1. The van der Waals surface area contributed by atoms with Crippen molar-refractivity contribution >= 4 is 27.6 Å². The van der Waals surface area contributed by atoms with E-state index >= 15 is 0 Å². The molecule has 0 radical (unpaired) electrons. The fourth-order valence-corrected chi connectivity index (χ4v) is 4.20. The second kappa shape index (κ2) is 5.55. The van der Waals surface area contributed by atoms with Crippen molar-refractivity contribution in [3.63, 3.8) is 0 Å². The minimum Gasteiger partial charge on any atom is -0.481 e. The fraction of sp³-hybridized carbons (Fsp3) is 0.462. The molecule has 2 rings (SSSR count). The number of carboxylic acids is 1. The van der Waals surface area contributed by atoms with Gasteiger partial charge in [-0.05, 0) is 38.0 Å². The predicted molar refractivity (Wildman–Crippen MR) is 75.1 cm³/mol. The zero-order chi connectivity index (χ0) is 15.8. The van der Waals surface area contributed by atoms with E-state index in [4.69, 9.17) is 11.6 Å². The quantitative estimate of drug-likeness (QED) is 0.920. The molecule has 1 aliphatic heterocycles. The van der Waals surface area contributed by atoms with E-state index in [-0.39, 0.29) is 18.1 Å². The van der Waals surface area contributed by atoms with Gasteiger partial charge in [-0.1, -0.05) is 11.6 Å². The molecular weight excluding hydrogens is 321 g/mol. The lowest BCUT2D eigenvalue weighted by atomic mass is 9.83. The number of aliphatic carboxylic acids is 1. The summed E-state index contributed by atoms with van der Waals surface area (Å²) in [4.78, 5) is 10.8. The summed E-state index contributed by atoms with van der Waals surface area (Å²) in [7, 11) is -4.08. The van der Waals surface area contributed by atoms with Gasteiger partial charge < -0.3 is 5.11 Å². The van der Waals surface area contributed by atoms with Crippen molar-refractivity contribution in [3.8, 4) is 0 Å². The highest BCUT2D eigenvalue weighted by molar-refractivity contribution is 7.89. The van der Waals surface area contributed by atoms with E-state index in [2.05, 4.69) is 0 Å². The molecule has 1 unspecified atom stereocenters. The van der Waals surface area contributed by atoms with Crippen LogP contribution in [0.25, 0.3) is 0 Å². The van der Waals surface area contributed by atoms with Crippen LogP contribution >= 0.6 is 11.6 Å². The van der Waals surface area contributed by atoms with Crippen molar-refractivity contribution in [2.24, 2.45) is 5.41 Å². The SMILES string of the molecule is CC1(C(=O)O)CCCN(S(=O)(=O)c2ccc(Cl)cc2F)C1. The molecule has 1 fully saturated rings. The number of carbonyl (C=O) groups is 1. The van der Waals surface area contributed by atoms with E-state index in [1.165, 1.54) is 13.0 Å². The molecule has 0 aromatic heterocycles. The number of benzene rings is 1. The van der Waals surface area contributed by atoms with Gasteiger partial charge in [0.05, 0.1) is 5.41 Å². The number of hydrogen-bond acceptors (Lipinski definition) is 3. The maximum atomic E-state index is 13.8. The van der Waals surface area contributed by atoms with Gasteiger partial charge in [0.25, 0.3) is 0 Å². The lowest BCUT2D eigenvalue weighted by Gasteiger charge is -2.36. The van der Waals surface area contributed by atoms with Crippen molar-refractivity contribution in [3.05, 3.63) is 29.0 Å². The molecule has 116 valence electrons. The molecule has 0 amide bonds. The summed E-state index contributed by atoms with van der Waals surface area (Å²) in [6, 6.07) is 3.31. The fourth-order valence-electron chi connectivity index (χ4n) is 2.40. The molecule has 0 aliphatic carbocycles. The van der Waals surface area contributed by atoms with E-state index < -0.39 is 32.1 Å². The summed E-state index contributed by atoms with van der Waals surface area (Å²) in [5.74, 6) is -2.00. The van der Waals surface area contributed by atoms with Gasteiger partial charge in [-0.3, -0.25) is 4.79 Å². The minimum atomic E-state index is -4.08. The Morgan fingerprint density at radius 1 is 1.48 bits per heavy atom. The number of piperidine rings is 1. The number of sulfonamides is 1. The molecule has 1 heterocycles. The van der Waals surface area contributed by atoms with Crippen LogP contribution in [0.15, 0.2) is 23.1 Å². The molecule has 1 saturated heterocycles. The maximum absolute atomic E-state index is 13.8. The third kappa shape index (κ3) is 3.04. The maximum Gasteiger partial charge on any atom is 0.310 e. The second-order valence-corrected chi connectivity index (χ2v) is 7.73.